The Kier molecular flexibility index (Phi) is 5.75. The number of aryl methyl sites for hydroxylation is 1. The van der Waals surface area contributed by atoms with Gasteiger partial charge < -0.3 is 19.9 Å². The van der Waals surface area contributed by atoms with Gasteiger partial charge in [-0.25, -0.2) is 9.78 Å². The summed E-state index contributed by atoms with van der Waals surface area (Å²) in [5.41, 5.74) is 0.373. The fourth-order valence-corrected chi connectivity index (χ4v) is 3.04. The smallest absolute Gasteiger partial charge is 0.408 e. The van der Waals surface area contributed by atoms with Gasteiger partial charge in [-0.1, -0.05) is 13.8 Å². The van der Waals surface area contributed by atoms with Crippen LogP contribution in [0.3, 0.4) is 0 Å². The van der Waals surface area contributed by atoms with E-state index in [-0.39, 0.29) is 17.9 Å². The van der Waals surface area contributed by atoms with Crippen LogP contribution in [0.1, 0.15) is 65.0 Å². The van der Waals surface area contributed by atoms with Gasteiger partial charge >= 0.3 is 6.09 Å². The highest BCUT2D eigenvalue weighted by Crippen LogP contribution is 2.31. The summed E-state index contributed by atoms with van der Waals surface area (Å²) in [6, 6.07) is -0.686. The van der Waals surface area contributed by atoms with Crippen molar-refractivity contribution in [3.8, 4) is 0 Å². The van der Waals surface area contributed by atoms with Crippen molar-refractivity contribution < 1.29 is 14.3 Å². The largest absolute Gasteiger partial charge is 0.444 e. The number of rotatable bonds is 4. The van der Waals surface area contributed by atoms with Crippen molar-refractivity contribution >= 4 is 12.0 Å². The molecule has 0 radical (unpaired) electrons. The number of likely N-dealkylation sites (tertiary alicyclic amines) is 1. The van der Waals surface area contributed by atoms with Gasteiger partial charge in [0.25, 0.3) is 0 Å². The number of nitrogens with zero attached hydrogens (tertiary/aromatic N) is 2. The van der Waals surface area contributed by atoms with Crippen LogP contribution < -0.4 is 5.32 Å². The zero-order valence-electron chi connectivity index (χ0n) is 16.0. The van der Waals surface area contributed by atoms with Crippen LogP contribution in [0, 0.1) is 12.8 Å². The van der Waals surface area contributed by atoms with Crippen molar-refractivity contribution in [1.29, 1.82) is 0 Å². The van der Waals surface area contributed by atoms with Gasteiger partial charge in [0.15, 0.2) is 0 Å². The van der Waals surface area contributed by atoms with E-state index in [1.165, 1.54) is 0 Å². The molecule has 7 heteroatoms. The Morgan fingerprint density at radius 1 is 1.40 bits per heavy atom. The summed E-state index contributed by atoms with van der Waals surface area (Å²) in [5, 5.41) is 2.74. The highest BCUT2D eigenvalue weighted by Gasteiger charge is 2.37. The Balaban J connectivity index is 2.12. The van der Waals surface area contributed by atoms with Crippen molar-refractivity contribution in [2.45, 2.75) is 72.1 Å². The quantitative estimate of drug-likeness (QED) is 0.874. The average molecular weight is 350 g/mol. The lowest BCUT2D eigenvalue weighted by Crippen LogP contribution is -2.52. The maximum atomic E-state index is 13.1. The number of aromatic nitrogens is 2. The molecule has 2 heterocycles. The van der Waals surface area contributed by atoms with Crippen molar-refractivity contribution in [2.75, 3.05) is 6.54 Å². The first-order chi connectivity index (χ1) is 11.6. The lowest BCUT2D eigenvalue weighted by molar-refractivity contribution is -0.135. The topological polar surface area (TPSA) is 87.3 Å². The van der Waals surface area contributed by atoms with E-state index in [0.717, 1.165) is 24.4 Å². The van der Waals surface area contributed by atoms with Gasteiger partial charge in [-0.2, -0.15) is 0 Å². The number of hydrogen-bond acceptors (Lipinski definition) is 4. The molecular weight excluding hydrogens is 320 g/mol. The van der Waals surface area contributed by atoms with Crippen LogP contribution in [0.4, 0.5) is 4.79 Å². The first kappa shape index (κ1) is 19.3. The third-order valence-corrected chi connectivity index (χ3v) is 4.18. The summed E-state index contributed by atoms with van der Waals surface area (Å²) < 4.78 is 5.31. The lowest BCUT2D eigenvalue weighted by Gasteiger charge is -2.31. The first-order valence-corrected chi connectivity index (χ1v) is 8.90. The molecule has 1 aromatic rings. The van der Waals surface area contributed by atoms with Crippen LogP contribution in [-0.4, -0.2) is 45.1 Å². The Hall–Kier alpha value is -2.05. The Morgan fingerprint density at radius 2 is 2.08 bits per heavy atom. The van der Waals surface area contributed by atoms with Gasteiger partial charge in [-0.3, -0.25) is 4.79 Å². The van der Waals surface area contributed by atoms with Crippen molar-refractivity contribution in [3.63, 3.8) is 0 Å². The minimum atomic E-state index is -0.619. The van der Waals surface area contributed by atoms with Gasteiger partial charge in [-0.15, -0.1) is 0 Å². The van der Waals surface area contributed by atoms with Crippen molar-refractivity contribution in [3.05, 3.63) is 17.7 Å². The molecule has 7 nitrogen and oxygen atoms in total. The fraction of sp³-hybridized carbons (Fsp3) is 0.722. The molecular formula is C18H30N4O3. The number of alkyl carbamates (subject to hydrolysis) is 1. The SMILES string of the molecule is Cc1cnc(C2CCCN2C(=O)C(NC(=O)OC(C)(C)C)C(C)C)[nH]1. The summed E-state index contributed by atoms with van der Waals surface area (Å²) in [5.74, 6) is 0.681. The van der Waals surface area contributed by atoms with Gasteiger partial charge in [0.1, 0.15) is 17.5 Å². The third-order valence-electron chi connectivity index (χ3n) is 4.18. The monoisotopic (exact) mass is 350 g/mol. The second-order valence-electron chi connectivity index (χ2n) is 8.01. The van der Waals surface area contributed by atoms with Crippen LogP contribution in [-0.2, 0) is 9.53 Å². The minimum Gasteiger partial charge on any atom is -0.444 e. The number of carbonyl (C=O) groups excluding carboxylic acids is 2. The number of aromatic amines is 1. The molecule has 0 saturated carbocycles. The number of H-pyrrole nitrogens is 1. The predicted molar refractivity (Wildman–Crippen MR) is 95.0 cm³/mol. The zero-order chi connectivity index (χ0) is 18.8. The molecule has 0 spiro atoms. The third kappa shape index (κ3) is 4.96. The molecule has 140 valence electrons. The molecule has 0 bridgehead atoms. The first-order valence-electron chi connectivity index (χ1n) is 8.90. The molecule has 0 aliphatic carbocycles. The van der Waals surface area contributed by atoms with Gasteiger partial charge in [-0.05, 0) is 46.5 Å². The standard InChI is InChI=1S/C18H30N4O3/c1-11(2)14(21-17(24)25-18(4,5)6)16(23)22-9-7-8-13(22)15-19-10-12(3)20-15/h10-11,13-14H,7-9H2,1-6H3,(H,19,20)(H,21,24). The van der Waals surface area contributed by atoms with E-state index in [0.29, 0.717) is 6.54 Å². The minimum absolute atomic E-state index is 0.0420. The molecule has 1 aliphatic rings. The number of imidazole rings is 1. The molecule has 1 fully saturated rings. The number of carbonyl (C=O) groups is 2. The normalized spacial score (nSPS) is 19.2. The van der Waals surface area contributed by atoms with E-state index in [4.69, 9.17) is 4.74 Å². The second kappa shape index (κ2) is 7.45. The molecule has 2 amide bonds. The molecule has 2 unspecified atom stereocenters. The van der Waals surface area contributed by atoms with Crippen molar-refractivity contribution in [1.82, 2.24) is 20.2 Å². The van der Waals surface area contributed by atoms with E-state index >= 15 is 0 Å². The summed E-state index contributed by atoms with van der Waals surface area (Å²) in [4.78, 5) is 34.6. The van der Waals surface area contributed by atoms with E-state index in [2.05, 4.69) is 15.3 Å². The second-order valence-corrected chi connectivity index (χ2v) is 8.01. The molecule has 2 atom stereocenters. The molecule has 2 rings (SSSR count). The number of hydrogen-bond donors (Lipinski definition) is 2. The van der Waals surface area contributed by atoms with Crippen LogP contribution in [0.2, 0.25) is 0 Å². The zero-order valence-corrected chi connectivity index (χ0v) is 16.0. The van der Waals surface area contributed by atoms with Gasteiger partial charge in [0.2, 0.25) is 5.91 Å². The summed E-state index contributed by atoms with van der Waals surface area (Å²) in [6.07, 6.45) is 3.00. The van der Waals surface area contributed by atoms with Crippen molar-refractivity contribution in [2.24, 2.45) is 5.92 Å². The fourth-order valence-electron chi connectivity index (χ4n) is 3.04. The van der Waals surface area contributed by atoms with Crippen LogP contribution in [0.5, 0.6) is 0 Å². The number of nitrogens with one attached hydrogen (secondary N) is 2. The highest BCUT2D eigenvalue weighted by molar-refractivity contribution is 5.86. The maximum Gasteiger partial charge on any atom is 0.408 e. The van der Waals surface area contributed by atoms with Crippen LogP contribution >= 0.6 is 0 Å². The number of ether oxygens (including phenoxy) is 1. The lowest BCUT2D eigenvalue weighted by atomic mass is 10.0. The van der Waals surface area contributed by atoms with Gasteiger partial charge in [0.05, 0.1) is 6.04 Å². The predicted octanol–water partition coefficient (Wildman–Crippen LogP) is 2.93. The Bertz CT molecular complexity index is 618. The summed E-state index contributed by atoms with van der Waals surface area (Å²) in [6.45, 7) is 11.8. The molecule has 1 aromatic heterocycles. The van der Waals surface area contributed by atoms with E-state index < -0.39 is 17.7 Å². The highest BCUT2D eigenvalue weighted by atomic mass is 16.6. The van der Waals surface area contributed by atoms with E-state index in [9.17, 15) is 9.59 Å². The van der Waals surface area contributed by atoms with Gasteiger partial charge in [0, 0.05) is 18.4 Å². The molecule has 2 N–H and O–H groups in total. The average Bonchev–Trinajstić information content (AvgIpc) is 3.10. The Labute approximate surface area is 149 Å². The molecule has 25 heavy (non-hydrogen) atoms. The number of amides is 2. The summed E-state index contributed by atoms with van der Waals surface area (Å²) >= 11 is 0. The maximum absolute atomic E-state index is 13.1. The van der Waals surface area contributed by atoms with Crippen LogP contribution in [0.15, 0.2) is 6.20 Å². The van der Waals surface area contributed by atoms with Crippen LogP contribution in [0.25, 0.3) is 0 Å². The molecule has 1 aliphatic heterocycles. The van der Waals surface area contributed by atoms with E-state index in [1.54, 1.807) is 27.0 Å². The summed E-state index contributed by atoms with van der Waals surface area (Å²) in [7, 11) is 0. The van der Waals surface area contributed by atoms with E-state index in [1.807, 2.05) is 25.7 Å². The molecule has 0 aromatic carbocycles. The molecule has 1 saturated heterocycles. The Morgan fingerprint density at radius 3 is 2.60 bits per heavy atom.